The van der Waals surface area contributed by atoms with Crippen LogP contribution in [-0.2, 0) is 14.2 Å². The third kappa shape index (κ3) is 5.51. The highest BCUT2D eigenvalue weighted by Crippen LogP contribution is 2.28. The monoisotopic (exact) mass is 311 g/mol. The highest BCUT2D eigenvalue weighted by atomic mass is 16.6. The van der Waals surface area contributed by atoms with E-state index in [1.54, 1.807) is 6.07 Å². The Kier molecular flexibility index (Phi) is 6.95. The second-order valence-electron chi connectivity index (χ2n) is 4.48. The van der Waals surface area contributed by atoms with Crippen LogP contribution in [0, 0.1) is 0 Å². The molecule has 0 atom stereocenters. The van der Waals surface area contributed by atoms with Crippen molar-refractivity contribution in [3.8, 4) is 11.5 Å². The Labute approximate surface area is 128 Å². The number of carboxylic acid groups (broad SMARTS) is 1. The van der Waals surface area contributed by atoms with Gasteiger partial charge in [0.2, 0.25) is 0 Å². The Bertz CT molecular complexity index is 475. The molecule has 0 saturated heterocycles. The minimum absolute atomic E-state index is 0.0332. The van der Waals surface area contributed by atoms with Gasteiger partial charge in [-0.2, -0.15) is 0 Å². The van der Waals surface area contributed by atoms with E-state index in [-0.39, 0.29) is 12.2 Å². The van der Waals surface area contributed by atoms with Gasteiger partial charge in [0.05, 0.1) is 45.6 Å². The number of carbonyl (C=O) groups is 1. The van der Waals surface area contributed by atoms with Gasteiger partial charge in [-0.1, -0.05) is 0 Å². The third-order valence-electron chi connectivity index (χ3n) is 2.89. The molecule has 0 radical (unpaired) electrons. The number of rotatable bonds is 1. The van der Waals surface area contributed by atoms with Crippen molar-refractivity contribution in [2.75, 3.05) is 52.9 Å². The molecule has 0 fully saturated rings. The van der Waals surface area contributed by atoms with Gasteiger partial charge in [0.25, 0.3) is 0 Å². The van der Waals surface area contributed by atoms with Crippen molar-refractivity contribution in [1.82, 2.24) is 0 Å². The Morgan fingerprint density at radius 3 is 1.82 bits per heavy atom. The van der Waals surface area contributed by atoms with Crippen LogP contribution in [-0.4, -0.2) is 58.8 Å². The predicted molar refractivity (Wildman–Crippen MR) is 74.2 cm³/mol. The largest absolute Gasteiger partial charge is 0.545 e. The summed E-state index contributed by atoms with van der Waals surface area (Å²) in [5.41, 5.74) is 0.0332. The number of carbonyl (C=O) groups excluding carboxylic acids is 1. The van der Waals surface area contributed by atoms with Crippen LogP contribution in [0.15, 0.2) is 18.2 Å². The highest BCUT2D eigenvalue weighted by Gasteiger charge is 2.08. The zero-order chi connectivity index (χ0) is 15.6. The summed E-state index contributed by atoms with van der Waals surface area (Å²) < 4.78 is 27.1. The molecule has 1 aromatic rings. The van der Waals surface area contributed by atoms with Gasteiger partial charge in [-0.25, -0.2) is 0 Å². The van der Waals surface area contributed by atoms with Crippen molar-refractivity contribution in [1.29, 1.82) is 0 Å². The fraction of sp³-hybridized carbons (Fsp3) is 0.533. The van der Waals surface area contributed by atoms with E-state index in [0.29, 0.717) is 57.7 Å². The van der Waals surface area contributed by atoms with Crippen LogP contribution in [0.3, 0.4) is 0 Å². The maximum absolute atomic E-state index is 10.9. The normalized spacial score (nSPS) is 18.0. The van der Waals surface area contributed by atoms with Gasteiger partial charge in [0.1, 0.15) is 13.2 Å². The van der Waals surface area contributed by atoms with Crippen molar-refractivity contribution in [2.24, 2.45) is 0 Å². The summed E-state index contributed by atoms with van der Waals surface area (Å²) in [5, 5.41) is 10.9. The number of hydrogen-bond acceptors (Lipinski definition) is 7. The molecule has 7 nitrogen and oxygen atoms in total. The molecule has 122 valence electrons. The standard InChI is InChI=1S/C15H20O7/c16-15(17)12-1-2-13-14(11-12)22-10-8-20-6-4-18-3-5-19-7-9-21-13/h1-2,11H,3-10H2,(H,16,17)/p-1. The van der Waals surface area contributed by atoms with Gasteiger partial charge in [0.15, 0.2) is 11.5 Å². The van der Waals surface area contributed by atoms with Crippen LogP contribution in [0.2, 0.25) is 0 Å². The Morgan fingerprint density at radius 1 is 0.773 bits per heavy atom. The lowest BCUT2D eigenvalue weighted by molar-refractivity contribution is -0.255. The fourth-order valence-corrected chi connectivity index (χ4v) is 1.83. The maximum Gasteiger partial charge on any atom is 0.161 e. The zero-order valence-electron chi connectivity index (χ0n) is 12.2. The van der Waals surface area contributed by atoms with Crippen LogP contribution < -0.4 is 14.6 Å². The first kappa shape index (κ1) is 16.5. The molecule has 0 spiro atoms. The lowest BCUT2D eigenvalue weighted by Gasteiger charge is -2.14. The molecule has 1 heterocycles. The number of fused-ring (bicyclic) bond motifs is 1. The summed E-state index contributed by atoms with van der Waals surface area (Å²) >= 11 is 0. The van der Waals surface area contributed by atoms with E-state index in [0.717, 1.165) is 0 Å². The van der Waals surface area contributed by atoms with E-state index in [4.69, 9.17) is 23.7 Å². The summed E-state index contributed by atoms with van der Waals surface area (Å²) in [4.78, 5) is 10.9. The summed E-state index contributed by atoms with van der Waals surface area (Å²) in [6.45, 7) is 3.33. The SMILES string of the molecule is O=C([O-])c1ccc2c(c1)OCCOCCOCCOCCO2. The summed E-state index contributed by atoms with van der Waals surface area (Å²) in [7, 11) is 0. The van der Waals surface area contributed by atoms with Crippen molar-refractivity contribution < 1.29 is 33.6 Å². The van der Waals surface area contributed by atoms with Crippen LogP contribution in [0.1, 0.15) is 10.4 Å². The van der Waals surface area contributed by atoms with Crippen molar-refractivity contribution in [3.63, 3.8) is 0 Å². The molecule has 0 aliphatic carbocycles. The van der Waals surface area contributed by atoms with E-state index in [9.17, 15) is 9.90 Å². The highest BCUT2D eigenvalue weighted by molar-refractivity contribution is 5.86. The molecule has 7 heteroatoms. The second kappa shape index (κ2) is 9.24. The van der Waals surface area contributed by atoms with Crippen molar-refractivity contribution in [2.45, 2.75) is 0 Å². The van der Waals surface area contributed by atoms with E-state index in [2.05, 4.69) is 0 Å². The lowest BCUT2D eigenvalue weighted by atomic mass is 10.2. The van der Waals surface area contributed by atoms with Crippen molar-refractivity contribution >= 4 is 5.97 Å². The number of hydrogen-bond donors (Lipinski definition) is 0. The van der Waals surface area contributed by atoms with Crippen LogP contribution >= 0.6 is 0 Å². The van der Waals surface area contributed by atoms with Gasteiger partial charge in [-0.3, -0.25) is 0 Å². The molecule has 0 N–H and O–H groups in total. The Hall–Kier alpha value is -1.83. The first-order valence-electron chi connectivity index (χ1n) is 7.11. The van der Waals surface area contributed by atoms with Crippen LogP contribution in [0.25, 0.3) is 0 Å². The molecule has 0 aromatic heterocycles. The molecule has 2 rings (SSSR count). The summed E-state index contributed by atoms with van der Waals surface area (Å²) in [6.07, 6.45) is 0. The quantitative estimate of drug-likeness (QED) is 0.714. The number of carboxylic acids is 1. The molecule has 0 amide bonds. The van der Waals surface area contributed by atoms with Gasteiger partial charge in [0, 0.05) is 5.56 Å². The summed E-state index contributed by atoms with van der Waals surface area (Å²) in [6, 6.07) is 4.34. The molecular weight excluding hydrogens is 292 g/mol. The molecule has 1 aliphatic rings. The number of aromatic carboxylic acids is 1. The van der Waals surface area contributed by atoms with E-state index >= 15 is 0 Å². The second-order valence-corrected chi connectivity index (χ2v) is 4.48. The zero-order valence-corrected chi connectivity index (χ0v) is 12.2. The molecule has 1 aromatic carbocycles. The molecular formula is C15H19O7-. The number of ether oxygens (including phenoxy) is 5. The molecule has 1 aliphatic heterocycles. The van der Waals surface area contributed by atoms with Gasteiger partial charge < -0.3 is 33.6 Å². The summed E-state index contributed by atoms with van der Waals surface area (Å²) in [5.74, 6) is -0.463. The number of benzene rings is 1. The minimum atomic E-state index is -1.26. The van der Waals surface area contributed by atoms with Gasteiger partial charge in [-0.05, 0) is 18.2 Å². The Balaban J connectivity index is 2.02. The van der Waals surface area contributed by atoms with Gasteiger partial charge >= 0.3 is 0 Å². The maximum atomic E-state index is 10.9. The smallest absolute Gasteiger partial charge is 0.161 e. The van der Waals surface area contributed by atoms with Gasteiger partial charge in [-0.15, -0.1) is 0 Å². The first-order chi connectivity index (χ1) is 10.8. The van der Waals surface area contributed by atoms with E-state index in [1.807, 2.05) is 0 Å². The van der Waals surface area contributed by atoms with Crippen molar-refractivity contribution in [3.05, 3.63) is 23.8 Å². The lowest BCUT2D eigenvalue weighted by Crippen LogP contribution is -2.22. The van der Waals surface area contributed by atoms with Crippen LogP contribution in [0.5, 0.6) is 11.5 Å². The average Bonchev–Trinajstić information content (AvgIpc) is 2.52. The fourth-order valence-electron chi connectivity index (χ4n) is 1.83. The van der Waals surface area contributed by atoms with E-state index in [1.165, 1.54) is 12.1 Å². The first-order valence-corrected chi connectivity index (χ1v) is 7.11. The van der Waals surface area contributed by atoms with E-state index < -0.39 is 5.97 Å². The molecule has 0 saturated carbocycles. The minimum Gasteiger partial charge on any atom is -0.545 e. The molecule has 0 unspecified atom stereocenters. The Morgan fingerprint density at radius 2 is 1.27 bits per heavy atom. The predicted octanol–water partition coefficient (Wildman–Crippen LogP) is -0.129. The molecule has 0 bridgehead atoms. The molecule has 22 heavy (non-hydrogen) atoms. The van der Waals surface area contributed by atoms with Crippen LogP contribution in [0.4, 0.5) is 0 Å². The average molecular weight is 311 g/mol. The topological polar surface area (TPSA) is 86.3 Å². The third-order valence-corrected chi connectivity index (χ3v) is 2.89.